The van der Waals surface area contributed by atoms with Crippen molar-refractivity contribution in [2.45, 2.75) is 50.9 Å². The first-order valence-corrected chi connectivity index (χ1v) is 10.9. The number of nitrogens with one attached hydrogen (secondary N) is 3. The first-order chi connectivity index (χ1) is 15.1. The molecule has 0 fully saturated rings. The summed E-state index contributed by atoms with van der Waals surface area (Å²) < 4.78 is 0. The summed E-state index contributed by atoms with van der Waals surface area (Å²) in [5.41, 5.74) is 6.78. The third kappa shape index (κ3) is 8.48. The Labute approximate surface area is 192 Å². The predicted molar refractivity (Wildman–Crippen MR) is 122 cm³/mol. The van der Waals surface area contributed by atoms with Crippen molar-refractivity contribution in [2.24, 2.45) is 11.7 Å². The number of carboxylic acid groups (broad SMARTS) is 1. The maximum atomic E-state index is 12.6. The van der Waals surface area contributed by atoms with Gasteiger partial charge < -0.3 is 31.9 Å². The minimum atomic E-state index is -1.40. The molecule has 5 unspecified atom stereocenters. The fourth-order valence-corrected chi connectivity index (χ4v) is 3.09. The Kier molecular flexibility index (Phi) is 11.7. The number of thiol groups is 1. The van der Waals surface area contributed by atoms with Gasteiger partial charge in [0.05, 0.1) is 12.6 Å². The molecule has 0 aliphatic rings. The second-order valence-corrected chi connectivity index (χ2v) is 7.86. The molecule has 0 aromatic heterocycles. The molecule has 10 nitrogen and oxygen atoms in total. The van der Waals surface area contributed by atoms with Crippen molar-refractivity contribution in [2.75, 3.05) is 12.4 Å². The number of carbonyl (C=O) groups excluding carboxylic acids is 3. The molecular weight excluding hydrogens is 436 g/mol. The van der Waals surface area contributed by atoms with Crippen LogP contribution in [0.15, 0.2) is 30.3 Å². The highest BCUT2D eigenvalue weighted by atomic mass is 32.1. The van der Waals surface area contributed by atoms with Gasteiger partial charge in [-0.3, -0.25) is 14.4 Å². The van der Waals surface area contributed by atoms with Crippen molar-refractivity contribution < 1.29 is 29.4 Å². The van der Waals surface area contributed by atoms with E-state index in [0.717, 1.165) is 5.56 Å². The van der Waals surface area contributed by atoms with Crippen LogP contribution in [-0.4, -0.2) is 70.4 Å². The van der Waals surface area contributed by atoms with Crippen LogP contribution >= 0.6 is 12.6 Å². The SMILES string of the molecule is CCC(C)C(NC(=O)C(CO)NC(=O)C(CS)NC(=O)C(N)Cc1ccccc1)C(=O)O. The topological polar surface area (TPSA) is 171 Å². The van der Waals surface area contributed by atoms with E-state index in [4.69, 9.17) is 5.73 Å². The number of aliphatic hydroxyl groups is 1. The highest BCUT2D eigenvalue weighted by Gasteiger charge is 2.31. The Morgan fingerprint density at radius 1 is 1.00 bits per heavy atom. The smallest absolute Gasteiger partial charge is 0.326 e. The lowest BCUT2D eigenvalue weighted by Crippen LogP contribution is -2.59. The molecule has 0 spiro atoms. The number of carbonyl (C=O) groups is 4. The van der Waals surface area contributed by atoms with E-state index in [1.807, 2.05) is 30.3 Å². The minimum absolute atomic E-state index is 0.0833. The molecule has 0 bridgehead atoms. The standard InChI is InChI=1S/C21H32N4O6S/c1-3-12(2)17(21(30)31)25-19(28)15(10-26)23-20(29)16(11-32)24-18(27)14(22)9-13-7-5-4-6-8-13/h4-8,12,14-17,26,32H,3,9-11,22H2,1-2H3,(H,23,29)(H,24,27)(H,25,28)(H,30,31). The molecule has 3 amide bonds. The van der Waals surface area contributed by atoms with Gasteiger partial charge >= 0.3 is 5.97 Å². The lowest BCUT2D eigenvalue weighted by atomic mass is 9.99. The number of aliphatic carboxylic acids is 1. The predicted octanol–water partition coefficient (Wildman–Crippen LogP) is -0.936. The van der Waals surface area contributed by atoms with Crippen LogP contribution in [0.5, 0.6) is 0 Å². The summed E-state index contributed by atoms with van der Waals surface area (Å²) in [6.45, 7) is 2.68. The van der Waals surface area contributed by atoms with Crippen LogP contribution in [0.4, 0.5) is 0 Å². The summed E-state index contributed by atoms with van der Waals surface area (Å²) >= 11 is 4.07. The van der Waals surface area contributed by atoms with Gasteiger partial charge in [0.25, 0.3) is 0 Å². The molecule has 11 heteroatoms. The van der Waals surface area contributed by atoms with E-state index >= 15 is 0 Å². The van der Waals surface area contributed by atoms with Gasteiger partial charge in [0.15, 0.2) is 0 Å². The number of hydrogen-bond donors (Lipinski definition) is 7. The first-order valence-electron chi connectivity index (χ1n) is 10.3. The molecule has 0 saturated carbocycles. The van der Waals surface area contributed by atoms with Crippen molar-refractivity contribution in [1.82, 2.24) is 16.0 Å². The second-order valence-electron chi connectivity index (χ2n) is 7.49. The van der Waals surface area contributed by atoms with Crippen molar-refractivity contribution in [1.29, 1.82) is 0 Å². The summed E-state index contributed by atoms with van der Waals surface area (Å²) in [5.74, 6) is -3.84. The van der Waals surface area contributed by atoms with E-state index in [2.05, 4.69) is 28.6 Å². The quantitative estimate of drug-likeness (QED) is 0.183. The Hall–Kier alpha value is -2.63. The molecule has 1 rings (SSSR count). The molecule has 7 N–H and O–H groups in total. The Balaban J connectivity index is 2.73. The molecule has 0 heterocycles. The lowest BCUT2D eigenvalue weighted by Gasteiger charge is -2.25. The lowest BCUT2D eigenvalue weighted by molar-refractivity contribution is -0.144. The van der Waals surface area contributed by atoms with Gasteiger partial charge in [-0.15, -0.1) is 0 Å². The number of rotatable bonds is 13. The van der Waals surface area contributed by atoms with Crippen LogP contribution in [0, 0.1) is 5.92 Å². The van der Waals surface area contributed by atoms with Gasteiger partial charge in [-0.2, -0.15) is 12.6 Å². The van der Waals surface area contributed by atoms with E-state index in [0.29, 0.717) is 6.42 Å². The maximum Gasteiger partial charge on any atom is 0.326 e. The maximum absolute atomic E-state index is 12.6. The summed E-state index contributed by atoms with van der Waals surface area (Å²) in [6.07, 6.45) is 0.770. The molecule has 5 atom stereocenters. The summed E-state index contributed by atoms with van der Waals surface area (Å²) in [4.78, 5) is 48.8. The molecular formula is C21H32N4O6S. The molecule has 1 aromatic carbocycles. The summed E-state index contributed by atoms with van der Waals surface area (Å²) in [5, 5.41) is 26.0. The van der Waals surface area contributed by atoms with Crippen LogP contribution in [-0.2, 0) is 25.6 Å². The van der Waals surface area contributed by atoms with E-state index in [-0.39, 0.29) is 18.1 Å². The normalized spacial score (nSPS) is 15.5. The van der Waals surface area contributed by atoms with Crippen molar-refractivity contribution in [3.05, 3.63) is 35.9 Å². The zero-order valence-electron chi connectivity index (χ0n) is 18.2. The number of nitrogens with two attached hydrogens (primary N) is 1. The van der Waals surface area contributed by atoms with Crippen LogP contribution < -0.4 is 21.7 Å². The van der Waals surface area contributed by atoms with E-state index in [9.17, 15) is 29.4 Å². The van der Waals surface area contributed by atoms with Gasteiger partial charge in [-0.1, -0.05) is 50.6 Å². The molecule has 32 heavy (non-hydrogen) atoms. The van der Waals surface area contributed by atoms with Gasteiger partial charge in [0, 0.05) is 5.75 Å². The highest BCUT2D eigenvalue weighted by molar-refractivity contribution is 7.80. The highest BCUT2D eigenvalue weighted by Crippen LogP contribution is 2.08. The zero-order valence-corrected chi connectivity index (χ0v) is 19.0. The summed E-state index contributed by atoms with van der Waals surface area (Å²) in [7, 11) is 0. The third-order valence-electron chi connectivity index (χ3n) is 5.04. The van der Waals surface area contributed by atoms with E-state index in [1.165, 1.54) is 0 Å². The Morgan fingerprint density at radius 2 is 1.56 bits per heavy atom. The number of benzene rings is 1. The fourth-order valence-electron chi connectivity index (χ4n) is 2.84. The molecule has 178 valence electrons. The van der Waals surface area contributed by atoms with Crippen LogP contribution in [0.3, 0.4) is 0 Å². The van der Waals surface area contributed by atoms with Crippen LogP contribution in [0.1, 0.15) is 25.8 Å². The van der Waals surface area contributed by atoms with Crippen molar-refractivity contribution in [3.63, 3.8) is 0 Å². The monoisotopic (exact) mass is 468 g/mol. The first kappa shape index (κ1) is 27.4. The van der Waals surface area contributed by atoms with Crippen molar-refractivity contribution >= 4 is 36.3 Å². The van der Waals surface area contributed by atoms with Gasteiger partial charge in [-0.25, -0.2) is 4.79 Å². The molecule has 0 saturated heterocycles. The average Bonchev–Trinajstić information content (AvgIpc) is 2.78. The number of hydrogen-bond acceptors (Lipinski definition) is 7. The van der Waals surface area contributed by atoms with Gasteiger partial charge in [0.2, 0.25) is 17.7 Å². The van der Waals surface area contributed by atoms with Crippen molar-refractivity contribution in [3.8, 4) is 0 Å². The number of amides is 3. The molecule has 0 aliphatic carbocycles. The Morgan fingerprint density at radius 3 is 2.06 bits per heavy atom. The fraction of sp³-hybridized carbons (Fsp3) is 0.524. The number of aliphatic hydroxyl groups excluding tert-OH is 1. The number of carboxylic acids is 1. The summed E-state index contributed by atoms with van der Waals surface area (Å²) in [6, 6.07) is 4.54. The largest absolute Gasteiger partial charge is 0.480 e. The van der Waals surface area contributed by atoms with Crippen LogP contribution in [0.2, 0.25) is 0 Å². The van der Waals surface area contributed by atoms with Crippen LogP contribution in [0.25, 0.3) is 0 Å². The Bertz CT molecular complexity index is 779. The van der Waals surface area contributed by atoms with Gasteiger partial charge in [-0.05, 0) is 17.9 Å². The average molecular weight is 469 g/mol. The second kappa shape index (κ2) is 13.7. The van der Waals surface area contributed by atoms with E-state index in [1.54, 1.807) is 13.8 Å². The zero-order chi connectivity index (χ0) is 24.3. The molecule has 1 aromatic rings. The van der Waals surface area contributed by atoms with E-state index < -0.39 is 54.5 Å². The third-order valence-corrected chi connectivity index (χ3v) is 5.41. The molecule has 0 radical (unpaired) electrons. The molecule has 0 aliphatic heterocycles. The minimum Gasteiger partial charge on any atom is -0.480 e. The van der Waals surface area contributed by atoms with Gasteiger partial charge in [0.1, 0.15) is 18.1 Å².